The predicted molar refractivity (Wildman–Crippen MR) is 103 cm³/mol. The van der Waals surface area contributed by atoms with Crippen molar-refractivity contribution in [2.75, 3.05) is 23.4 Å². The second kappa shape index (κ2) is 6.46. The second-order valence-corrected chi connectivity index (χ2v) is 6.64. The molecule has 1 fully saturated rings. The lowest BCUT2D eigenvalue weighted by molar-refractivity contribution is -0.117. The van der Waals surface area contributed by atoms with E-state index in [1.165, 1.54) is 0 Å². The van der Waals surface area contributed by atoms with Gasteiger partial charge in [-0.1, -0.05) is 0 Å². The Balaban J connectivity index is 1.74. The fourth-order valence-corrected chi connectivity index (χ4v) is 3.07. The molecule has 2 atom stereocenters. The Morgan fingerprint density at radius 2 is 2.07 bits per heavy atom. The first-order valence-electron chi connectivity index (χ1n) is 8.62. The molecule has 27 heavy (non-hydrogen) atoms. The molecule has 1 aliphatic carbocycles. The highest BCUT2D eigenvalue weighted by molar-refractivity contribution is 5.98. The second-order valence-electron chi connectivity index (χ2n) is 6.64. The Morgan fingerprint density at radius 3 is 2.78 bits per heavy atom. The number of anilines is 3. The Morgan fingerprint density at radius 1 is 1.30 bits per heavy atom. The SMILES string of the molecule is CNc1cncc(-c2cc3cc(NC(=O)[C@H]4C[C@H]4F)ncc3c(N)n2)c1C. The third-order valence-corrected chi connectivity index (χ3v) is 4.81. The van der Waals surface area contributed by atoms with Crippen LogP contribution in [0.25, 0.3) is 22.0 Å². The molecule has 0 radical (unpaired) electrons. The quantitative estimate of drug-likeness (QED) is 0.656. The van der Waals surface area contributed by atoms with Crippen molar-refractivity contribution in [2.45, 2.75) is 19.5 Å². The Labute approximate surface area is 155 Å². The van der Waals surface area contributed by atoms with Gasteiger partial charge in [-0.25, -0.2) is 14.4 Å². The van der Waals surface area contributed by atoms with Crippen molar-refractivity contribution in [3.8, 4) is 11.3 Å². The number of carbonyl (C=O) groups is 1. The average Bonchev–Trinajstić information content (AvgIpc) is 3.38. The first-order chi connectivity index (χ1) is 13.0. The highest BCUT2D eigenvalue weighted by Crippen LogP contribution is 2.35. The molecule has 7 nitrogen and oxygen atoms in total. The standard InChI is InChI=1S/C19H19FN6O/c1-9-12(6-23-8-16(9)22-2)15-3-10-4-17(24-7-13(10)18(21)25-15)26-19(27)11-5-14(11)20/h3-4,6-8,11,14,22H,5H2,1-2H3,(H2,21,25)(H,24,26,27)/t11-,14+/m0/s1. The summed E-state index contributed by atoms with van der Waals surface area (Å²) in [6, 6.07) is 3.59. The van der Waals surface area contributed by atoms with Crippen LogP contribution in [0.3, 0.4) is 0 Å². The van der Waals surface area contributed by atoms with Gasteiger partial charge in [-0.2, -0.15) is 0 Å². The van der Waals surface area contributed by atoms with Crippen LogP contribution in [0, 0.1) is 12.8 Å². The minimum atomic E-state index is -1.05. The number of nitrogens with two attached hydrogens (primary N) is 1. The van der Waals surface area contributed by atoms with Crippen molar-refractivity contribution in [1.82, 2.24) is 15.0 Å². The fourth-order valence-electron chi connectivity index (χ4n) is 3.07. The van der Waals surface area contributed by atoms with Crippen LogP contribution in [-0.2, 0) is 4.79 Å². The molecule has 4 N–H and O–H groups in total. The zero-order chi connectivity index (χ0) is 19.1. The molecule has 0 bridgehead atoms. The summed E-state index contributed by atoms with van der Waals surface area (Å²) in [7, 11) is 1.83. The molecule has 1 aliphatic rings. The smallest absolute Gasteiger partial charge is 0.231 e. The van der Waals surface area contributed by atoms with E-state index in [0.717, 1.165) is 22.2 Å². The van der Waals surface area contributed by atoms with Crippen LogP contribution in [0.4, 0.5) is 21.7 Å². The van der Waals surface area contributed by atoms with Gasteiger partial charge < -0.3 is 16.4 Å². The predicted octanol–water partition coefficient (Wildman–Crippen LogP) is 2.92. The molecule has 0 aromatic carbocycles. The van der Waals surface area contributed by atoms with E-state index in [0.29, 0.717) is 22.7 Å². The van der Waals surface area contributed by atoms with E-state index < -0.39 is 12.1 Å². The molecule has 4 rings (SSSR count). The number of rotatable bonds is 4. The number of nitrogens with one attached hydrogen (secondary N) is 2. The number of nitrogen functional groups attached to an aromatic ring is 1. The summed E-state index contributed by atoms with van der Waals surface area (Å²) in [5, 5.41) is 7.22. The van der Waals surface area contributed by atoms with Crippen LogP contribution in [0.15, 0.2) is 30.7 Å². The number of hydrogen-bond donors (Lipinski definition) is 3. The maximum absolute atomic E-state index is 13.1. The normalized spacial score (nSPS) is 18.3. The minimum absolute atomic E-state index is 0.272. The summed E-state index contributed by atoms with van der Waals surface area (Å²) in [5.41, 5.74) is 9.56. The van der Waals surface area contributed by atoms with Crippen molar-refractivity contribution < 1.29 is 9.18 Å². The third kappa shape index (κ3) is 3.14. The van der Waals surface area contributed by atoms with Gasteiger partial charge in [0.05, 0.1) is 23.5 Å². The third-order valence-electron chi connectivity index (χ3n) is 4.81. The minimum Gasteiger partial charge on any atom is -0.387 e. The first kappa shape index (κ1) is 17.1. The summed E-state index contributed by atoms with van der Waals surface area (Å²) in [5.74, 6) is -0.216. The number of amides is 1. The van der Waals surface area contributed by atoms with Crippen LogP contribution in [-0.4, -0.2) is 34.1 Å². The molecular weight excluding hydrogens is 347 g/mol. The van der Waals surface area contributed by atoms with Gasteiger partial charge in [0.25, 0.3) is 0 Å². The van der Waals surface area contributed by atoms with Crippen LogP contribution in [0.2, 0.25) is 0 Å². The molecule has 0 saturated heterocycles. The average molecular weight is 366 g/mol. The number of nitrogens with zero attached hydrogens (tertiary/aromatic N) is 3. The van der Waals surface area contributed by atoms with E-state index in [-0.39, 0.29) is 12.3 Å². The van der Waals surface area contributed by atoms with Gasteiger partial charge >= 0.3 is 0 Å². The molecule has 0 spiro atoms. The molecule has 1 amide bonds. The topological polar surface area (TPSA) is 106 Å². The number of alkyl halides is 1. The molecule has 3 aromatic rings. The van der Waals surface area contributed by atoms with Gasteiger partial charge in [0.1, 0.15) is 17.8 Å². The maximum Gasteiger partial charge on any atom is 0.231 e. The van der Waals surface area contributed by atoms with Crippen molar-refractivity contribution >= 4 is 34.0 Å². The van der Waals surface area contributed by atoms with Crippen molar-refractivity contribution in [2.24, 2.45) is 5.92 Å². The Bertz CT molecular complexity index is 1050. The van der Waals surface area contributed by atoms with Gasteiger partial charge in [0, 0.05) is 30.4 Å². The summed E-state index contributed by atoms with van der Waals surface area (Å²) >= 11 is 0. The zero-order valence-corrected chi connectivity index (χ0v) is 15.0. The monoisotopic (exact) mass is 366 g/mol. The van der Waals surface area contributed by atoms with Crippen LogP contribution < -0.4 is 16.4 Å². The Kier molecular flexibility index (Phi) is 4.10. The van der Waals surface area contributed by atoms with Gasteiger partial charge in [0.15, 0.2) is 0 Å². The number of fused-ring (bicyclic) bond motifs is 1. The van der Waals surface area contributed by atoms with Crippen molar-refractivity contribution in [3.05, 3.63) is 36.3 Å². The van der Waals surface area contributed by atoms with Gasteiger partial charge in [-0.3, -0.25) is 9.78 Å². The van der Waals surface area contributed by atoms with E-state index in [9.17, 15) is 9.18 Å². The maximum atomic E-state index is 13.1. The number of hydrogen-bond acceptors (Lipinski definition) is 6. The molecule has 8 heteroatoms. The van der Waals surface area contributed by atoms with Crippen molar-refractivity contribution in [3.63, 3.8) is 0 Å². The van der Waals surface area contributed by atoms with E-state index >= 15 is 0 Å². The molecule has 3 heterocycles. The highest BCUT2D eigenvalue weighted by Gasteiger charge is 2.43. The number of aromatic nitrogens is 3. The van der Waals surface area contributed by atoms with Crippen LogP contribution in [0.1, 0.15) is 12.0 Å². The zero-order valence-electron chi connectivity index (χ0n) is 15.0. The van der Waals surface area contributed by atoms with Crippen LogP contribution in [0.5, 0.6) is 0 Å². The summed E-state index contributed by atoms with van der Waals surface area (Å²) in [4.78, 5) is 24.9. The molecule has 1 saturated carbocycles. The van der Waals surface area contributed by atoms with Crippen molar-refractivity contribution in [1.29, 1.82) is 0 Å². The van der Waals surface area contributed by atoms with Gasteiger partial charge in [-0.15, -0.1) is 0 Å². The van der Waals surface area contributed by atoms with Crippen LogP contribution >= 0.6 is 0 Å². The number of halogens is 1. The van der Waals surface area contributed by atoms with E-state index in [4.69, 9.17) is 5.73 Å². The molecule has 138 valence electrons. The Hall–Kier alpha value is -3.29. The largest absolute Gasteiger partial charge is 0.387 e. The highest BCUT2D eigenvalue weighted by atomic mass is 19.1. The lowest BCUT2D eigenvalue weighted by Gasteiger charge is -2.12. The first-order valence-corrected chi connectivity index (χ1v) is 8.62. The summed E-state index contributed by atoms with van der Waals surface area (Å²) < 4.78 is 13.1. The van der Waals surface area contributed by atoms with E-state index in [1.807, 2.05) is 20.0 Å². The van der Waals surface area contributed by atoms with E-state index in [1.54, 1.807) is 24.7 Å². The fraction of sp³-hybridized carbons (Fsp3) is 0.263. The van der Waals surface area contributed by atoms with E-state index in [2.05, 4.69) is 25.6 Å². The summed E-state index contributed by atoms with van der Waals surface area (Å²) in [6.07, 6.45) is 4.27. The summed E-state index contributed by atoms with van der Waals surface area (Å²) in [6.45, 7) is 1.98. The van der Waals surface area contributed by atoms with Gasteiger partial charge in [-0.05, 0) is 36.4 Å². The molecule has 3 aromatic heterocycles. The lowest BCUT2D eigenvalue weighted by Crippen LogP contribution is -2.15. The number of carbonyl (C=O) groups excluding carboxylic acids is 1. The lowest BCUT2D eigenvalue weighted by atomic mass is 10.0. The molecule has 0 unspecified atom stereocenters. The van der Waals surface area contributed by atoms with Gasteiger partial charge in [0.2, 0.25) is 5.91 Å². The molecular formula is C19H19FN6O. The molecule has 0 aliphatic heterocycles. The number of pyridine rings is 3.